The van der Waals surface area contributed by atoms with Gasteiger partial charge in [0.25, 0.3) is 5.91 Å². The third-order valence-corrected chi connectivity index (χ3v) is 3.39. The molecule has 116 valence electrons. The van der Waals surface area contributed by atoms with Crippen LogP contribution in [0.4, 0.5) is 10.1 Å². The second kappa shape index (κ2) is 6.73. The molecule has 0 bridgehead atoms. The van der Waals surface area contributed by atoms with Crippen LogP contribution < -0.4 is 20.5 Å². The van der Waals surface area contributed by atoms with Crippen LogP contribution in [0.25, 0.3) is 0 Å². The van der Waals surface area contributed by atoms with E-state index in [-0.39, 0.29) is 23.4 Å². The zero-order valence-electron chi connectivity index (χ0n) is 12.0. The van der Waals surface area contributed by atoms with Crippen LogP contribution >= 0.6 is 0 Å². The van der Waals surface area contributed by atoms with Crippen molar-refractivity contribution in [2.24, 2.45) is 5.73 Å². The molecule has 1 aromatic carbocycles. The average Bonchev–Trinajstić information content (AvgIpc) is 2.96. The summed E-state index contributed by atoms with van der Waals surface area (Å²) in [6.07, 6.45) is 0.654. The molecule has 0 spiro atoms. The molecule has 1 fully saturated rings. The molecule has 3 N–H and O–H groups in total. The Morgan fingerprint density at radius 2 is 2.10 bits per heavy atom. The lowest BCUT2D eigenvalue weighted by Gasteiger charge is -2.15. The predicted octanol–water partition coefficient (Wildman–Crippen LogP) is 1.29. The molecule has 1 heterocycles. The summed E-state index contributed by atoms with van der Waals surface area (Å²) >= 11 is 0. The fourth-order valence-corrected chi connectivity index (χ4v) is 2.24. The minimum atomic E-state index is -0.583. The normalized spacial score (nSPS) is 21.1. The summed E-state index contributed by atoms with van der Waals surface area (Å²) in [5.41, 5.74) is 5.74. The number of ether oxygens (including phenoxy) is 3. The minimum absolute atomic E-state index is 0.0464. The van der Waals surface area contributed by atoms with E-state index in [9.17, 15) is 9.18 Å². The van der Waals surface area contributed by atoms with Crippen LogP contribution in [0.15, 0.2) is 12.1 Å². The Labute approximate surface area is 122 Å². The van der Waals surface area contributed by atoms with Crippen molar-refractivity contribution in [3.63, 3.8) is 0 Å². The fraction of sp³-hybridized carbons (Fsp3) is 0.500. The van der Waals surface area contributed by atoms with E-state index >= 15 is 0 Å². The maximum atomic E-state index is 13.7. The number of benzene rings is 1. The van der Waals surface area contributed by atoms with Gasteiger partial charge in [0, 0.05) is 18.7 Å². The van der Waals surface area contributed by atoms with E-state index in [1.165, 1.54) is 20.3 Å². The molecule has 0 aromatic heterocycles. The fourth-order valence-electron chi connectivity index (χ4n) is 2.24. The van der Waals surface area contributed by atoms with Crippen LogP contribution in [0, 0.1) is 5.82 Å². The third kappa shape index (κ3) is 3.43. The number of methoxy groups -OCH3 is 2. The van der Waals surface area contributed by atoms with Gasteiger partial charge in [0.15, 0.2) is 11.6 Å². The van der Waals surface area contributed by atoms with Gasteiger partial charge in [0.05, 0.1) is 26.0 Å². The van der Waals surface area contributed by atoms with Gasteiger partial charge in [0.2, 0.25) is 0 Å². The molecule has 1 saturated heterocycles. The van der Waals surface area contributed by atoms with E-state index in [1.807, 2.05) is 0 Å². The van der Waals surface area contributed by atoms with Gasteiger partial charge in [-0.1, -0.05) is 0 Å². The lowest BCUT2D eigenvalue weighted by atomic mass is 10.2. The zero-order valence-corrected chi connectivity index (χ0v) is 12.0. The lowest BCUT2D eigenvalue weighted by Crippen LogP contribution is -2.30. The van der Waals surface area contributed by atoms with Gasteiger partial charge in [-0.15, -0.1) is 0 Å². The van der Waals surface area contributed by atoms with Crippen LogP contribution in [0.3, 0.4) is 0 Å². The summed E-state index contributed by atoms with van der Waals surface area (Å²) < 4.78 is 29.2. The Hall–Kier alpha value is -1.86. The number of hydrogen-bond acceptors (Lipinski definition) is 5. The molecular formula is C14H19FN2O4. The third-order valence-electron chi connectivity index (χ3n) is 3.39. The van der Waals surface area contributed by atoms with Gasteiger partial charge in [-0.25, -0.2) is 4.39 Å². The summed E-state index contributed by atoms with van der Waals surface area (Å²) in [7, 11) is 2.79. The lowest BCUT2D eigenvalue weighted by molar-refractivity contribution is -0.126. The topological polar surface area (TPSA) is 82.8 Å². The molecule has 0 saturated carbocycles. The van der Waals surface area contributed by atoms with E-state index in [1.54, 1.807) is 0 Å². The molecule has 6 nitrogen and oxygen atoms in total. The first-order valence-corrected chi connectivity index (χ1v) is 6.67. The molecule has 2 rings (SSSR count). The molecule has 0 radical (unpaired) electrons. The van der Waals surface area contributed by atoms with Crippen molar-refractivity contribution in [2.45, 2.75) is 25.0 Å². The van der Waals surface area contributed by atoms with Crippen LogP contribution in [0.2, 0.25) is 0 Å². The van der Waals surface area contributed by atoms with Crippen LogP contribution in [0.1, 0.15) is 12.8 Å². The standard InChI is InChI=1S/C14H19FN2O4/c1-19-12-6-13(20-2)10(5-9(12)15)17-14(18)11-4-3-8(7-16)21-11/h5-6,8,11H,3-4,7,16H2,1-2H3,(H,17,18)/t8-,11+/m1/s1. The number of nitrogens with two attached hydrogens (primary N) is 1. The Bertz CT molecular complexity index is 524. The molecule has 21 heavy (non-hydrogen) atoms. The van der Waals surface area contributed by atoms with Gasteiger partial charge in [-0.3, -0.25) is 4.79 Å². The maximum absolute atomic E-state index is 13.7. The van der Waals surface area contributed by atoms with Gasteiger partial charge >= 0.3 is 0 Å². The number of rotatable bonds is 5. The predicted molar refractivity (Wildman–Crippen MR) is 75.1 cm³/mol. The summed E-state index contributed by atoms with van der Waals surface area (Å²) in [6.45, 7) is 0.379. The van der Waals surface area contributed by atoms with Crippen molar-refractivity contribution in [3.8, 4) is 11.5 Å². The number of carbonyl (C=O) groups is 1. The highest BCUT2D eigenvalue weighted by atomic mass is 19.1. The van der Waals surface area contributed by atoms with Crippen molar-refractivity contribution < 1.29 is 23.4 Å². The quantitative estimate of drug-likeness (QED) is 0.856. The molecule has 7 heteroatoms. The smallest absolute Gasteiger partial charge is 0.253 e. The molecule has 1 aliphatic heterocycles. The second-order valence-corrected chi connectivity index (χ2v) is 4.74. The maximum Gasteiger partial charge on any atom is 0.253 e. The summed E-state index contributed by atoms with van der Waals surface area (Å²) in [5.74, 6) is -0.560. The van der Waals surface area contributed by atoms with Crippen LogP contribution in [0.5, 0.6) is 11.5 Å². The van der Waals surface area contributed by atoms with Gasteiger partial charge in [-0.2, -0.15) is 0 Å². The van der Waals surface area contributed by atoms with Crippen LogP contribution in [-0.2, 0) is 9.53 Å². The molecule has 1 aromatic rings. The second-order valence-electron chi connectivity index (χ2n) is 4.74. The van der Waals surface area contributed by atoms with E-state index in [0.717, 1.165) is 12.5 Å². The van der Waals surface area contributed by atoms with E-state index in [0.29, 0.717) is 18.7 Å². The first kappa shape index (κ1) is 15.5. The number of nitrogens with one attached hydrogen (secondary N) is 1. The van der Waals surface area contributed by atoms with Crippen molar-refractivity contribution in [1.82, 2.24) is 0 Å². The summed E-state index contributed by atoms with van der Waals surface area (Å²) in [5, 5.41) is 2.61. The molecular weight excluding hydrogens is 279 g/mol. The number of carbonyl (C=O) groups excluding carboxylic acids is 1. The first-order chi connectivity index (χ1) is 10.1. The first-order valence-electron chi connectivity index (χ1n) is 6.67. The summed E-state index contributed by atoms with van der Waals surface area (Å²) in [6, 6.07) is 2.54. The molecule has 2 atom stereocenters. The molecule has 1 aliphatic rings. The van der Waals surface area contributed by atoms with Gasteiger partial charge in [-0.05, 0) is 12.8 Å². The number of halogens is 1. The Morgan fingerprint density at radius 1 is 1.38 bits per heavy atom. The highest BCUT2D eigenvalue weighted by Gasteiger charge is 2.30. The zero-order chi connectivity index (χ0) is 15.4. The van der Waals surface area contributed by atoms with Crippen molar-refractivity contribution in [3.05, 3.63) is 17.9 Å². The van der Waals surface area contributed by atoms with Crippen LogP contribution in [-0.4, -0.2) is 38.9 Å². The van der Waals surface area contributed by atoms with E-state index in [4.69, 9.17) is 19.9 Å². The largest absolute Gasteiger partial charge is 0.494 e. The average molecular weight is 298 g/mol. The minimum Gasteiger partial charge on any atom is -0.494 e. The number of hydrogen-bond donors (Lipinski definition) is 2. The van der Waals surface area contributed by atoms with E-state index < -0.39 is 11.9 Å². The Kier molecular flexibility index (Phi) is 4.98. The SMILES string of the molecule is COc1cc(OC)c(NC(=O)[C@@H]2CC[C@H](CN)O2)cc1F. The Balaban J connectivity index is 2.12. The molecule has 1 amide bonds. The highest BCUT2D eigenvalue weighted by molar-refractivity contribution is 5.95. The highest BCUT2D eigenvalue weighted by Crippen LogP contribution is 2.32. The van der Waals surface area contributed by atoms with Gasteiger partial charge < -0.3 is 25.3 Å². The monoisotopic (exact) mass is 298 g/mol. The van der Waals surface area contributed by atoms with Crippen molar-refractivity contribution >= 4 is 11.6 Å². The van der Waals surface area contributed by atoms with Crippen molar-refractivity contribution in [1.29, 1.82) is 0 Å². The number of anilines is 1. The van der Waals surface area contributed by atoms with E-state index in [2.05, 4.69) is 5.32 Å². The van der Waals surface area contributed by atoms with Crippen molar-refractivity contribution in [2.75, 3.05) is 26.1 Å². The molecule has 0 unspecified atom stereocenters. The summed E-state index contributed by atoms with van der Waals surface area (Å²) in [4.78, 5) is 12.1. The molecule has 0 aliphatic carbocycles. The Morgan fingerprint density at radius 3 is 2.67 bits per heavy atom. The number of amides is 1. The van der Waals surface area contributed by atoms with Gasteiger partial charge in [0.1, 0.15) is 11.9 Å².